The maximum absolute atomic E-state index is 12.9. The van der Waals surface area contributed by atoms with Crippen LogP contribution in [0.2, 0.25) is 0 Å². The van der Waals surface area contributed by atoms with Gasteiger partial charge in [0.1, 0.15) is 0 Å². The first-order valence-electron chi connectivity index (χ1n) is 16.9. The predicted molar refractivity (Wildman–Crippen MR) is 183 cm³/mol. The van der Waals surface area contributed by atoms with E-state index in [0.29, 0.717) is 17.5 Å². The molecular formula is C39H38N4O6. The molecule has 5 aromatic rings. The number of aromatic nitrogens is 2. The molecule has 0 radical (unpaired) electrons. The van der Waals surface area contributed by atoms with Crippen molar-refractivity contribution in [1.82, 2.24) is 19.4 Å². The van der Waals surface area contributed by atoms with Crippen molar-refractivity contribution in [3.63, 3.8) is 0 Å². The second kappa shape index (κ2) is 13.2. The van der Waals surface area contributed by atoms with Crippen molar-refractivity contribution in [2.75, 3.05) is 19.6 Å². The average Bonchev–Trinajstić information content (AvgIpc) is 3.60. The zero-order chi connectivity index (χ0) is 33.5. The Bertz CT molecular complexity index is 2010. The maximum Gasteiger partial charge on any atom is 0.326 e. The molecule has 0 saturated carbocycles. The van der Waals surface area contributed by atoms with Crippen LogP contribution in [0.25, 0.3) is 11.0 Å². The number of rotatable bonds is 8. The number of benzene rings is 4. The van der Waals surface area contributed by atoms with Gasteiger partial charge in [0, 0.05) is 37.7 Å². The molecule has 2 N–H and O–H groups in total. The smallest absolute Gasteiger partial charge is 0.326 e. The normalized spacial score (nSPS) is 21.8. The zero-order valence-corrected chi connectivity index (χ0v) is 27.0. The molecule has 250 valence electrons. The van der Waals surface area contributed by atoms with Crippen LogP contribution in [-0.4, -0.2) is 62.0 Å². The lowest BCUT2D eigenvalue weighted by Gasteiger charge is -2.40. The number of carbonyl (C=O) groups is 2. The van der Waals surface area contributed by atoms with Crippen molar-refractivity contribution in [3.05, 3.63) is 141 Å². The number of nitrogens with zero attached hydrogens (tertiary/aromatic N) is 3. The van der Waals surface area contributed by atoms with Crippen LogP contribution in [-0.2, 0) is 22.6 Å². The number of aliphatic hydroxyl groups is 1. The summed E-state index contributed by atoms with van der Waals surface area (Å²) in [5.41, 5.74) is 6.19. The van der Waals surface area contributed by atoms with E-state index >= 15 is 0 Å². The number of fused-ring (bicyclic) bond motifs is 2. The van der Waals surface area contributed by atoms with E-state index < -0.39 is 6.29 Å². The minimum absolute atomic E-state index is 0.0200. The fourth-order valence-corrected chi connectivity index (χ4v) is 7.46. The Morgan fingerprint density at radius 3 is 2.06 bits per heavy atom. The number of carbonyl (C=O) groups excluding carboxylic acids is 2. The van der Waals surface area contributed by atoms with Gasteiger partial charge in [-0.2, -0.15) is 0 Å². The fourth-order valence-electron chi connectivity index (χ4n) is 7.46. The van der Waals surface area contributed by atoms with Crippen molar-refractivity contribution in [3.8, 4) is 0 Å². The summed E-state index contributed by atoms with van der Waals surface area (Å²) in [6, 6.07) is 30.5. The van der Waals surface area contributed by atoms with Gasteiger partial charge in [0.25, 0.3) is 11.8 Å². The zero-order valence-electron chi connectivity index (χ0n) is 27.0. The lowest BCUT2D eigenvalue weighted by Crippen LogP contribution is -2.43. The van der Waals surface area contributed by atoms with Crippen LogP contribution in [0.4, 0.5) is 0 Å². The van der Waals surface area contributed by atoms with Crippen molar-refractivity contribution in [2.24, 2.45) is 0 Å². The number of aliphatic hydroxyl groups excluding tert-OH is 1. The summed E-state index contributed by atoms with van der Waals surface area (Å²) < 4.78 is 15.1. The summed E-state index contributed by atoms with van der Waals surface area (Å²) in [6.07, 6.45) is 1.49. The number of nitrogens with one attached hydrogen (secondary N) is 1. The van der Waals surface area contributed by atoms with E-state index in [2.05, 4.69) is 9.88 Å². The first-order chi connectivity index (χ1) is 23.9. The molecule has 10 heteroatoms. The van der Waals surface area contributed by atoms with Gasteiger partial charge in [-0.25, -0.2) is 4.79 Å². The molecule has 4 aromatic carbocycles. The second-order valence-corrected chi connectivity index (χ2v) is 13.2. The molecule has 0 aliphatic carbocycles. The summed E-state index contributed by atoms with van der Waals surface area (Å²) in [4.78, 5) is 45.3. The van der Waals surface area contributed by atoms with E-state index in [-0.39, 0.29) is 48.9 Å². The van der Waals surface area contributed by atoms with Crippen LogP contribution in [0, 0.1) is 0 Å². The van der Waals surface area contributed by atoms with Gasteiger partial charge >= 0.3 is 5.69 Å². The Kier molecular flexibility index (Phi) is 8.46. The van der Waals surface area contributed by atoms with Gasteiger partial charge in [-0.1, -0.05) is 72.8 Å². The average molecular weight is 659 g/mol. The molecule has 3 aliphatic rings. The predicted octanol–water partition coefficient (Wildman–Crippen LogP) is 5.50. The van der Waals surface area contributed by atoms with Crippen LogP contribution >= 0.6 is 0 Å². The Morgan fingerprint density at radius 2 is 1.37 bits per heavy atom. The molecular weight excluding hydrogens is 620 g/mol. The van der Waals surface area contributed by atoms with Crippen molar-refractivity contribution in [1.29, 1.82) is 0 Å². The van der Waals surface area contributed by atoms with Gasteiger partial charge < -0.3 is 24.5 Å². The number of imide groups is 1. The maximum atomic E-state index is 12.9. The lowest BCUT2D eigenvalue weighted by atomic mass is 9.98. The number of likely N-dealkylation sites (tertiary alicyclic amines) is 1. The molecule has 2 amide bonds. The number of amides is 2. The third kappa shape index (κ3) is 6.13. The lowest BCUT2D eigenvalue weighted by molar-refractivity contribution is -0.253. The van der Waals surface area contributed by atoms with Gasteiger partial charge in [-0.15, -0.1) is 0 Å². The quantitative estimate of drug-likeness (QED) is 0.212. The van der Waals surface area contributed by atoms with Gasteiger partial charge in [-0.3, -0.25) is 19.1 Å². The van der Waals surface area contributed by atoms with E-state index in [9.17, 15) is 19.5 Å². The number of hydrogen-bond acceptors (Lipinski definition) is 7. The summed E-state index contributed by atoms with van der Waals surface area (Å²) in [7, 11) is 0. The third-order valence-electron chi connectivity index (χ3n) is 10.1. The van der Waals surface area contributed by atoms with Crippen molar-refractivity contribution < 1.29 is 24.2 Å². The standard InChI is InChI=1S/C39H38N4O6/c44-24-26-11-13-27(14-12-26)35-21-30(23-41-19-17-29(18-20-41)43-34-8-4-3-7-33(34)40-39(43)47)48-38(49-35)28-15-9-25(10-16-28)22-42-36(45)31-5-1-2-6-32(31)37(42)46/h1-16,29-30,35,38,44H,17-24H2,(H,40,47)/t30-,35+,38+/m0/s1. The van der Waals surface area contributed by atoms with Crippen LogP contribution in [0.5, 0.6) is 0 Å². The van der Waals surface area contributed by atoms with Gasteiger partial charge in [0.05, 0.1) is 47.5 Å². The molecule has 4 heterocycles. The molecule has 2 fully saturated rings. The minimum Gasteiger partial charge on any atom is -0.392 e. The third-order valence-corrected chi connectivity index (χ3v) is 10.1. The van der Waals surface area contributed by atoms with Gasteiger partial charge in [0.15, 0.2) is 6.29 Å². The monoisotopic (exact) mass is 658 g/mol. The summed E-state index contributed by atoms with van der Waals surface area (Å²) >= 11 is 0. The summed E-state index contributed by atoms with van der Waals surface area (Å²) in [5.74, 6) is -0.557. The molecule has 0 unspecified atom stereocenters. The molecule has 1 aromatic heterocycles. The van der Waals surface area contributed by atoms with E-state index in [1.54, 1.807) is 24.3 Å². The molecule has 49 heavy (non-hydrogen) atoms. The first kappa shape index (κ1) is 31.4. The van der Waals surface area contributed by atoms with Crippen LogP contribution in [0.3, 0.4) is 0 Å². The topological polar surface area (TPSA) is 117 Å². The highest BCUT2D eigenvalue weighted by atomic mass is 16.7. The fraction of sp³-hybridized carbons (Fsp3) is 0.308. The Morgan fingerprint density at radius 1 is 0.735 bits per heavy atom. The molecule has 0 bridgehead atoms. The molecule has 3 aliphatic heterocycles. The van der Waals surface area contributed by atoms with Gasteiger partial charge in [0.2, 0.25) is 0 Å². The summed E-state index contributed by atoms with van der Waals surface area (Å²) in [6.45, 7) is 2.60. The summed E-state index contributed by atoms with van der Waals surface area (Å²) in [5, 5.41) is 9.57. The highest BCUT2D eigenvalue weighted by molar-refractivity contribution is 6.21. The van der Waals surface area contributed by atoms with E-state index in [1.165, 1.54) is 4.90 Å². The first-order valence-corrected chi connectivity index (χ1v) is 16.9. The number of ether oxygens (including phenoxy) is 2. The largest absolute Gasteiger partial charge is 0.392 e. The number of hydrogen-bond donors (Lipinski definition) is 2. The van der Waals surface area contributed by atoms with Crippen LogP contribution in [0.15, 0.2) is 102 Å². The number of para-hydroxylation sites is 2. The van der Waals surface area contributed by atoms with E-state index in [4.69, 9.17) is 9.47 Å². The molecule has 0 spiro atoms. The Labute approximate surface area is 283 Å². The van der Waals surface area contributed by atoms with Gasteiger partial charge in [-0.05, 0) is 53.8 Å². The number of imidazole rings is 1. The molecule has 8 rings (SSSR count). The number of aromatic amines is 1. The minimum atomic E-state index is -0.614. The Balaban J connectivity index is 0.966. The number of piperidine rings is 1. The van der Waals surface area contributed by atoms with Crippen LogP contribution in [0.1, 0.15) is 80.7 Å². The van der Waals surface area contributed by atoms with E-state index in [1.807, 2.05) is 77.4 Å². The van der Waals surface area contributed by atoms with Crippen molar-refractivity contribution >= 4 is 22.8 Å². The molecule has 10 nitrogen and oxygen atoms in total. The molecule has 3 atom stereocenters. The highest BCUT2D eigenvalue weighted by Gasteiger charge is 2.36. The van der Waals surface area contributed by atoms with Crippen molar-refractivity contribution in [2.45, 2.75) is 57.0 Å². The van der Waals surface area contributed by atoms with Crippen LogP contribution < -0.4 is 5.69 Å². The second-order valence-electron chi connectivity index (χ2n) is 13.2. The molecule has 2 saturated heterocycles. The Hall–Kier alpha value is -4.87. The SMILES string of the molecule is O=C1c2ccccc2C(=O)N1Cc1ccc([C@@H]2O[C@H](CN3CCC(n4c(=O)[nH]c5ccccc54)CC3)C[C@H](c3ccc(CO)cc3)O2)cc1. The highest BCUT2D eigenvalue weighted by Crippen LogP contribution is 2.39. The number of H-pyrrole nitrogens is 1. The van der Waals surface area contributed by atoms with E-state index in [0.717, 1.165) is 65.8 Å².